The van der Waals surface area contributed by atoms with Crippen LogP contribution < -0.4 is 0 Å². The third-order valence-corrected chi connectivity index (χ3v) is 5.06. The minimum Gasteiger partial charge on any atom is -0.457 e. The number of carbonyl (C=O) groups is 1. The van der Waals surface area contributed by atoms with E-state index in [1.54, 1.807) is 0 Å². The van der Waals surface area contributed by atoms with Gasteiger partial charge in [0, 0.05) is 12.5 Å². The molecule has 0 radical (unpaired) electrons. The third kappa shape index (κ3) is 3.75. The summed E-state index contributed by atoms with van der Waals surface area (Å²) in [4.78, 5) is 11.5. The molecule has 1 aromatic rings. The predicted molar refractivity (Wildman–Crippen MR) is 88.4 cm³/mol. The van der Waals surface area contributed by atoms with Crippen molar-refractivity contribution in [2.45, 2.75) is 50.0 Å². The first-order valence-electron chi connectivity index (χ1n) is 8.04. The average molecular weight is 354 g/mol. The lowest BCUT2D eigenvalue weighted by Crippen LogP contribution is -2.62. The van der Waals surface area contributed by atoms with Crippen LogP contribution in [0.25, 0.3) is 0 Å². The highest BCUT2D eigenvalue weighted by Crippen LogP contribution is 2.37. The lowest BCUT2D eigenvalue weighted by Gasteiger charge is -2.47. The summed E-state index contributed by atoms with van der Waals surface area (Å²) in [5.74, 6) is 0.326. The molecule has 0 aromatic heterocycles. The number of ether oxygens (including phenoxy) is 4. The van der Waals surface area contributed by atoms with Gasteiger partial charge in [-0.05, 0) is 5.75 Å². The van der Waals surface area contributed by atoms with Crippen molar-refractivity contribution >= 4 is 17.7 Å². The Morgan fingerprint density at radius 2 is 2.08 bits per heavy atom. The lowest BCUT2D eigenvalue weighted by molar-refractivity contribution is -0.319. The van der Waals surface area contributed by atoms with Crippen molar-refractivity contribution in [2.75, 3.05) is 12.4 Å². The molecule has 0 bridgehead atoms. The Labute approximate surface area is 145 Å². The van der Waals surface area contributed by atoms with Crippen LogP contribution in [0.3, 0.4) is 0 Å². The highest BCUT2D eigenvalue weighted by Gasteiger charge is 2.51. The number of thioether (sulfide) groups is 1. The topological polar surface area (TPSA) is 74.2 Å². The second kappa shape index (κ2) is 7.84. The van der Waals surface area contributed by atoms with E-state index in [9.17, 15) is 9.90 Å². The molecule has 0 unspecified atom stereocenters. The fraction of sp³-hybridized carbons (Fsp3) is 0.588. The van der Waals surface area contributed by atoms with Crippen molar-refractivity contribution in [3.8, 4) is 0 Å². The molecule has 2 aliphatic heterocycles. The molecule has 2 heterocycles. The fourth-order valence-corrected chi connectivity index (χ4v) is 3.87. The molecule has 3 rings (SSSR count). The van der Waals surface area contributed by atoms with E-state index in [0.29, 0.717) is 6.61 Å². The number of benzene rings is 1. The minimum atomic E-state index is -0.949. The normalized spacial score (nSPS) is 36.0. The van der Waals surface area contributed by atoms with Crippen LogP contribution in [-0.4, -0.2) is 53.3 Å². The van der Waals surface area contributed by atoms with Crippen LogP contribution in [0, 0.1) is 0 Å². The molecule has 2 aliphatic rings. The Balaban J connectivity index is 1.79. The molecule has 7 heteroatoms. The maximum atomic E-state index is 11.5. The van der Waals surface area contributed by atoms with Gasteiger partial charge in [-0.15, -0.1) is 11.8 Å². The molecule has 6 atom stereocenters. The Morgan fingerprint density at radius 3 is 2.75 bits per heavy atom. The van der Waals surface area contributed by atoms with Gasteiger partial charge in [0.05, 0.1) is 6.61 Å². The molecule has 6 nitrogen and oxygen atoms in total. The molecule has 132 valence electrons. The van der Waals surface area contributed by atoms with Gasteiger partial charge in [-0.2, -0.15) is 0 Å². The average Bonchev–Trinajstić information content (AvgIpc) is 2.59. The first-order valence-corrected chi connectivity index (χ1v) is 9.09. The van der Waals surface area contributed by atoms with E-state index in [0.717, 1.165) is 11.3 Å². The number of carbonyl (C=O) groups excluding carboxylic acids is 1. The van der Waals surface area contributed by atoms with Gasteiger partial charge in [-0.1, -0.05) is 37.3 Å². The number of hydrogen-bond acceptors (Lipinski definition) is 7. The maximum Gasteiger partial charge on any atom is 0.303 e. The quantitative estimate of drug-likeness (QED) is 0.828. The van der Waals surface area contributed by atoms with Crippen molar-refractivity contribution in [1.29, 1.82) is 0 Å². The van der Waals surface area contributed by atoms with E-state index in [1.165, 1.54) is 18.7 Å². The minimum absolute atomic E-state index is 0.315. The first-order chi connectivity index (χ1) is 11.6. The van der Waals surface area contributed by atoms with Crippen LogP contribution in [0.4, 0.5) is 0 Å². The summed E-state index contributed by atoms with van der Waals surface area (Å²) >= 11 is 1.47. The van der Waals surface area contributed by atoms with Gasteiger partial charge in [0.15, 0.2) is 12.4 Å². The summed E-state index contributed by atoms with van der Waals surface area (Å²) in [6.07, 6.45) is -3.26. The van der Waals surface area contributed by atoms with Crippen molar-refractivity contribution in [3.63, 3.8) is 0 Å². The first kappa shape index (κ1) is 17.7. The number of esters is 1. The highest BCUT2D eigenvalue weighted by atomic mass is 32.2. The van der Waals surface area contributed by atoms with Crippen LogP contribution in [-0.2, 0) is 23.7 Å². The highest BCUT2D eigenvalue weighted by molar-refractivity contribution is 7.99. The molecular formula is C17H22O6S. The van der Waals surface area contributed by atoms with Crippen LogP contribution in [0.1, 0.15) is 25.7 Å². The fourth-order valence-electron chi connectivity index (χ4n) is 2.97. The lowest BCUT2D eigenvalue weighted by atomic mass is 9.98. The molecule has 2 saturated heterocycles. The van der Waals surface area contributed by atoms with Crippen molar-refractivity contribution < 1.29 is 28.8 Å². The molecule has 0 aliphatic carbocycles. The zero-order valence-corrected chi connectivity index (χ0v) is 14.5. The molecular weight excluding hydrogens is 332 g/mol. The summed E-state index contributed by atoms with van der Waals surface area (Å²) in [5.41, 5.74) is 0.401. The van der Waals surface area contributed by atoms with Crippen LogP contribution in [0.2, 0.25) is 0 Å². The van der Waals surface area contributed by atoms with Gasteiger partial charge in [0.2, 0.25) is 0 Å². The Kier molecular flexibility index (Phi) is 5.78. The smallest absolute Gasteiger partial charge is 0.303 e. The molecule has 0 amide bonds. The SMILES string of the molecule is CCS[C@@H]1O[C@@H]2CO[C@@H](c3ccccc3)O[C@H]2[C@H](OC(C)=O)[C@H]1O. The van der Waals surface area contributed by atoms with E-state index in [-0.39, 0.29) is 6.10 Å². The third-order valence-electron chi connectivity index (χ3n) is 4.01. The monoisotopic (exact) mass is 354 g/mol. The maximum absolute atomic E-state index is 11.5. The van der Waals surface area contributed by atoms with Gasteiger partial charge in [-0.25, -0.2) is 0 Å². The van der Waals surface area contributed by atoms with E-state index >= 15 is 0 Å². The van der Waals surface area contributed by atoms with E-state index in [2.05, 4.69) is 0 Å². The van der Waals surface area contributed by atoms with Crippen LogP contribution in [0.15, 0.2) is 30.3 Å². The van der Waals surface area contributed by atoms with Crippen molar-refractivity contribution in [1.82, 2.24) is 0 Å². The van der Waals surface area contributed by atoms with Gasteiger partial charge < -0.3 is 24.1 Å². The molecule has 2 fully saturated rings. The van der Waals surface area contributed by atoms with Crippen LogP contribution >= 0.6 is 11.8 Å². The number of aliphatic hydroxyl groups excluding tert-OH is 1. The largest absolute Gasteiger partial charge is 0.457 e. The van der Waals surface area contributed by atoms with Crippen LogP contribution in [0.5, 0.6) is 0 Å². The molecule has 1 N–H and O–H groups in total. The van der Waals surface area contributed by atoms with Gasteiger partial charge in [0.1, 0.15) is 23.7 Å². The van der Waals surface area contributed by atoms with Gasteiger partial charge in [0.25, 0.3) is 0 Å². The summed E-state index contributed by atoms with van der Waals surface area (Å²) in [6, 6.07) is 9.52. The summed E-state index contributed by atoms with van der Waals surface area (Å²) in [5, 5.41) is 10.6. The van der Waals surface area contributed by atoms with Crippen molar-refractivity contribution in [2.24, 2.45) is 0 Å². The number of fused-ring (bicyclic) bond motifs is 1. The second-order valence-electron chi connectivity index (χ2n) is 5.74. The number of aliphatic hydroxyl groups is 1. The van der Waals surface area contributed by atoms with E-state index in [1.807, 2.05) is 37.3 Å². The molecule has 0 saturated carbocycles. The van der Waals surface area contributed by atoms with Gasteiger partial charge >= 0.3 is 5.97 Å². The molecule has 24 heavy (non-hydrogen) atoms. The predicted octanol–water partition coefficient (Wildman–Crippen LogP) is 1.87. The number of hydrogen-bond donors (Lipinski definition) is 1. The zero-order chi connectivity index (χ0) is 17.1. The standard InChI is InChI=1S/C17H22O6S/c1-3-24-17-13(19)15(21-10(2)18)14-12(22-17)9-20-16(23-14)11-7-5-4-6-8-11/h4-8,12-17,19H,3,9H2,1-2H3/t12-,13-,14-,15-,16-,17+/m1/s1. The summed E-state index contributed by atoms with van der Waals surface area (Å²) < 4.78 is 23.0. The zero-order valence-electron chi connectivity index (χ0n) is 13.7. The van der Waals surface area contributed by atoms with E-state index in [4.69, 9.17) is 18.9 Å². The Morgan fingerprint density at radius 1 is 1.33 bits per heavy atom. The summed E-state index contributed by atoms with van der Waals surface area (Å²) in [6.45, 7) is 3.62. The van der Waals surface area contributed by atoms with Gasteiger partial charge in [-0.3, -0.25) is 4.79 Å². The molecule has 1 aromatic carbocycles. The Hall–Kier alpha value is -1.12. The molecule has 0 spiro atoms. The van der Waals surface area contributed by atoms with E-state index < -0.39 is 36.0 Å². The number of rotatable bonds is 4. The summed E-state index contributed by atoms with van der Waals surface area (Å²) in [7, 11) is 0. The Bertz CT molecular complexity index is 553. The second-order valence-corrected chi connectivity index (χ2v) is 7.11. The van der Waals surface area contributed by atoms with Crippen molar-refractivity contribution in [3.05, 3.63) is 35.9 Å².